The van der Waals surface area contributed by atoms with Gasteiger partial charge in [-0.1, -0.05) is 24.3 Å². The van der Waals surface area contributed by atoms with E-state index < -0.39 is 19.1 Å². The maximum absolute atomic E-state index is 13.3. The van der Waals surface area contributed by atoms with Crippen molar-refractivity contribution in [3.05, 3.63) is 57.9 Å². The van der Waals surface area contributed by atoms with Gasteiger partial charge in [-0.05, 0) is 19.4 Å². The molecule has 0 spiro atoms. The Hall–Kier alpha value is -3.36. The van der Waals surface area contributed by atoms with E-state index in [1.807, 2.05) is 0 Å². The summed E-state index contributed by atoms with van der Waals surface area (Å²) in [5, 5.41) is 2.74. The molecule has 2 atom stereocenters. The molecule has 12 nitrogen and oxygen atoms in total. The van der Waals surface area contributed by atoms with Gasteiger partial charge in [-0.3, -0.25) is 19.1 Å². The van der Waals surface area contributed by atoms with E-state index in [9.17, 15) is 14.2 Å². The number of aromatic nitrogens is 4. The normalized spacial score (nSPS) is 14.0. The Morgan fingerprint density at radius 3 is 2.79 bits per heavy atom. The van der Waals surface area contributed by atoms with Crippen LogP contribution in [0.1, 0.15) is 19.4 Å². The van der Waals surface area contributed by atoms with Gasteiger partial charge >= 0.3 is 0 Å². The molecule has 2 heterocycles. The lowest BCUT2D eigenvalue weighted by Gasteiger charge is -2.22. The van der Waals surface area contributed by atoms with Crippen molar-refractivity contribution in [3.8, 4) is 0 Å². The summed E-state index contributed by atoms with van der Waals surface area (Å²) in [7, 11) is -3.55. The van der Waals surface area contributed by atoms with E-state index in [1.165, 1.54) is 13.3 Å². The van der Waals surface area contributed by atoms with Crippen molar-refractivity contribution in [2.75, 3.05) is 18.7 Å². The predicted molar refractivity (Wildman–Crippen MR) is 122 cm³/mol. The fourth-order valence-corrected chi connectivity index (χ4v) is 4.55. The first-order valence-electron chi connectivity index (χ1n) is 9.97. The number of nitrogens with zero attached hydrogens (tertiary/aromatic N) is 4. The average molecular weight is 473 g/mol. The maximum Gasteiger partial charge on any atom is 0.295 e. The summed E-state index contributed by atoms with van der Waals surface area (Å²) in [5.41, 5.74) is 6.82. The number of ketones is 1. The van der Waals surface area contributed by atoms with E-state index in [-0.39, 0.29) is 43.4 Å². The molecule has 0 saturated carbocycles. The topological polar surface area (TPSA) is 159 Å². The lowest BCUT2D eigenvalue weighted by molar-refractivity contribution is -0.118. The number of carbonyl (C=O) groups excluding carboxylic acids is 1. The second-order valence-corrected chi connectivity index (χ2v) is 9.41. The first kappa shape index (κ1) is 24.3. The molecular weight excluding hydrogens is 449 g/mol. The first-order valence-corrected chi connectivity index (χ1v) is 11.8. The van der Waals surface area contributed by atoms with Crippen LogP contribution in [0.2, 0.25) is 0 Å². The summed E-state index contributed by atoms with van der Waals surface area (Å²) < 4.78 is 26.2. The highest BCUT2D eigenvalue weighted by atomic mass is 31.2. The Morgan fingerprint density at radius 2 is 2.12 bits per heavy atom. The van der Waals surface area contributed by atoms with E-state index in [0.29, 0.717) is 11.3 Å². The molecule has 4 N–H and O–H groups in total. The predicted octanol–water partition coefficient (Wildman–Crippen LogP) is 2.20. The van der Waals surface area contributed by atoms with Gasteiger partial charge in [0.05, 0.1) is 32.2 Å². The lowest BCUT2D eigenvalue weighted by Crippen LogP contribution is -2.32. The molecule has 0 aliphatic rings. The minimum Gasteiger partial charge on any atom is -0.369 e. The largest absolute Gasteiger partial charge is 0.369 e. The van der Waals surface area contributed by atoms with Crippen LogP contribution < -0.4 is 16.4 Å². The van der Waals surface area contributed by atoms with Gasteiger partial charge in [0.2, 0.25) is 5.95 Å². The van der Waals surface area contributed by atoms with Crippen LogP contribution in [0.25, 0.3) is 16.0 Å². The number of ether oxygens (including phenoxy) is 1. The second kappa shape index (κ2) is 10.5. The van der Waals surface area contributed by atoms with Gasteiger partial charge in [0, 0.05) is 6.54 Å². The number of hydrogen-bond acceptors (Lipinski definition) is 8. The van der Waals surface area contributed by atoms with Gasteiger partial charge in [0.15, 0.2) is 16.9 Å². The third-order valence-electron chi connectivity index (χ3n) is 4.74. The Bertz CT molecular complexity index is 1280. The van der Waals surface area contributed by atoms with Crippen LogP contribution in [0.3, 0.4) is 0 Å². The fourth-order valence-electron chi connectivity index (χ4n) is 2.83. The van der Waals surface area contributed by atoms with Crippen molar-refractivity contribution in [1.82, 2.24) is 24.6 Å². The zero-order valence-electron chi connectivity index (χ0n) is 18.1. The Labute approximate surface area is 189 Å². The Balaban J connectivity index is 1.63. The molecule has 0 radical (unpaired) electrons. The molecule has 0 fully saturated rings. The highest BCUT2D eigenvalue weighted by Crippen LogP contribution is 2.44. The van der Waals surface area contributed by atoms with Crippen molar-refractivity contribution in [2.45, 2.75) is 33.0 Å². The number of hydrogen-bond donors (Lipinski definition) is 3. The number of aromatic amines is 1. The van der Waals surface area contributed by atoms with Crippen LogP contribution in [-0.2, 0) is 31.8 Å². The summed E-state index contributed by atoms with van der Waals surface area (Å²) >= 11 is 0. The number of benzene rings is 1. The van der Waals surface area contributed by atoms with Gasteiger partial charge in [-0.25, -0.2) is 14.9 Å². The maximum atomic E-state index is 13.3. The number of fused-ring (bicyclic) bond motifs is 1. The second-order valence-electron chi connectivity index (χ2n) is 7.29. The molecule has 1 aromatic carbocycles. The minimum atomic E-state index is -3.55. The summed E-state index contributed by atoms with van der Waals surface area (Å²) in [6, 6.07) is 6.00. The van der Waals surface area contributed by atoms with Crippen LogP contribution in [0.4, 0.5) is 11.6 Å². The van der Waals surface area contributed by atoms with Crippen molar-refractivity contribution in [3.63, 3.8) is 0 Å². The zero-order valence-corrected chi connectivity index (χ0v) is 19.0. The molecule has 1 unspecified atom stereocenters. The van der Waals surface area contributed by atoms with Crippen LogP contribution in [-0.4, -0.2) is 44.3 Å². The number of anilines is 1. The van der Waals surface area contributed by atoms with E-state index in [4.69, 9.17) is 21.6 Å². The van der Waals surface area contributed by atoms with Gasteiger partial charge in [0.1, 0.15) is 12.1 Å². The monoisotopic (exact) mass is 473 g/mol. The summed E-state index contributed by atoms with van der Waals surface area (Å²) in [5.74, 6) is -0.223. The van der Waals surface area contributed by atoms with Crippen LogP contribution in [0.15, 0.2) is 35.4 Å². The van der Waals surface area contributed by atoms with Crippen molar-refractivity contribution in [1.29, 1.82) is 0 Å². The molecule has 3 rings (SSSR count). The van der Waals surface area contributed by atoms with E-state index in [2.05, 4.69) is 24.9 Å². The summed E-state index contributed by atoms with van der Waals surface area (Å²) in [6.45, 7) is 10.4. The molecule has 0 amide bonds. The van der Waals surface area contributed by atoms with Gasteiger partial charge in [-0.2, -0.15) is 4.98 Å². The standard InChI is InChI=1S/C20H24N7O5P/c1-13(14(2)28)26-33(30,32-10-15-4-6-16(22-3)7-5-15)12-31-9-8-27-11-23-17-18(27)24-20(21)25-19(17)29/h4-7,11,13H,8-10,12H2,1-2H3,(H,26,30)(H3,21,24,25,29)/t13-,33?/m1/s1. The number of rotatable bonds is 11. The van der Waals surface area contributed by atoms with Gasteiger partial charge in [0.25, 0.3) is 13.1 Å². The molecule has 33 heavy (non-hydrogen) atoms. The average Bonchev–Trinajstić information content (AvgIpc) is 3.18. The number of nitrogens with one attached hydrogen (secondary N) is 2. The SMILES string of the molecule is [C-]#[N+]c1ccc(COP(=O)(COCCn2cnc3c(=O)[nH]c(N)nc32)N[C@H](C)C(C)=O)cc1. The lowest BCUT2D eigenvalue weighted by atomic mass is 10.2. The third kappa shape index (κ3) is 6.34. The number of nitrogen functional groups attached to an aromatic ring is 1. The van der Waals surface area contributed by atoms with Crippen LogP contribution >= 0.6 is 7.52 Å². The molecular formula is C20H24N7O5P. The van der Waals surface area contributed by atoms with Gasteiger partial charge < -0.3 is 19.6 Å². The highest BCUT2D eigenvalue weighted by Gasteiger charge is 2.27. The minimum absolute atomic E-state index is 0.00861. The van der Waals surface area contributed by atoms with Crippen LogP contribution in [0.5, 0.6) is 0 Å². The van der Waals surface area contributed by atoms with Crippen LogP contribution in [0, 0.1) is 6.57 Å². The molecule has 3 aromatic rings. The van der Waals surface area contributed by atoms with E-state index in [1.54, 1.807) is 35.8 Å². The van der Waals surface area contributed by atoms with E-state index >= 15 is 0 Å². The van der Waals surface area contributed by atoms with Crippen molar-refractivity contribution in [2.24, 2.45) is 0 Å². The quantitative estimate of drug-likeness (QED) is 0.216. The molecule has 0 aliphatic heterocycles. The third-order valence-corrected chi connectivity index (χ3v) is 6.59. The van der Waals surface area contributed by atoms with E-state index in [0.717, 1.165) is 5.56 Å². The number of carbonyl (C=O) groups is 1. The highest BCUT2D eigenvalue weighted by molar-refractivity contribution is 7.56. The Kier molecular flexibility index (Phi) is 7.73. The molecule has 0 saturated heterocycles. The molecule has 2 aromatic heterocycles. The summed E-state index contributed by atoms with van der Waals surface area (Å²) in [4.78, 5) is 37.3. The number of Topliss-reactive ketones (excluding diaryl/α,β-unsaturated/α-hetero) is 1. The smallest absolute Gasteiger partial charge is 0.295 e. The number of nitrogens with two attached hydrogens (primary N) is 1. The molecule has 0 aliphatic carbocycles. The summed E-state index contributed by atoms with van der Waals surface area (Å²) in [6.07, 6.45) is 1.15. The number of H-pyrrole nitrogens is 1. The molecule has 0 bridgehead atoms. The Morgan fingerprint density at radius 1 is 1.39 bits per heavy atom. The van der Waals surface area contributed by atoms with Crippen molar-refractivity contribution >= 4 is 36.1 Å². The molecule has 174 valence electrons. The van der Waals surface area contributed by atoms with Gasteiger partial charge in [-0.15, -0.1) is 0 Å². The zero-order chi connectivity index (χ0) is 24.0. The first-order chi connectivity index (χ1) is 15.7. The fraction of sp³-hybridized carbons (Fsp3) is 0.350. The molecule has 13 heteroatoms. The van der Waals surface area contributed by atoms with Crippen molar-refractivity contribution < 1.29 is 18.6 Å². The number of imidazole rings is 1.